The topological polar surface area (TPSA) is 131 Å². The Morgan fingerprint density at radius 3 is 2.31 bits per heavy atom. The van der Waals surface area contributed by atoms with Crippen LogP contribution in [-0.4, -0.2) is 40.3 Å². The lowest BCUT2D eigenvalue weighted by molar-refractivity contribution is -0.137. The van der Waals surface area contributed by atoms with E-state index in [2.05, 4.69) is 4.52 Å². The van der Waals surface area contributed by atoms with Crippen LogP contribution in [0.4, 0.5) is 23.7 Å². The number of carbonyl (C=O) groups is 2. The summed E-state index contributed by atoms with van der Waals surface area (Å²) >= 11 is 0. The van der Waals surface area contributed by atoms with Crippen molar-refractivity contribution in [3.8, 4) is 6.07 Å². The van der Waals surface area contributed by atoms with Crippen LogP contribution in [0.1, 0.15) is 16.7 Å². The van der Waals surface area contributed by atoms with Crippen molar-refractivity contribution in [2.24, 2.45) is 0 Å². The van der Waals surface area contributed by atoms with Crippen LogP contribution < -0.4 is 4.90 Å². The van der Waals surface area contributed by atoms with Crippen LogP contribution in [0.3, 0.4) is 0 Å². The van der Waals surface area contributed by atoms with Crippen molar-refractivity contribution in [2.45, 2.75) is 11.7 Å². The number of phosphoric acid groups is 1. The maximum Gasteiger partial charge on any atom is 0.469 e. The smallest absolute Gasteiger partial charge is 0.306 e. The van der Waals surface area contributed by atoms with Gasteiger partial charge in [0.25, 0.3) is 5.91 Å². The molecule has 1 heterocycles. The van der Waals surface area contributed by atoms with E-state index in [0.29, 0.717) is 11.0 Å². The first-order chi connectivity index (χ1) is 14.8. The Morgan fingerprint density at radius 2 is 1.78 bits per heavy atom. The molecule has 9 nitrogen and oxygen atoms in total. The van der Waals surface area contributed by atoms with E-state index >= 15 is 0 Å². The van der Waals surface area contributed by atoms with E-state index in [1.165, 1.54) is 30.3 Å². The molecule has 3 rings (SSSR count). The Hall–Kier alpha value is -3.23. The SMILES string of the molecule is CN1C(=O)N(c2ccc(C#N)c(C(F)(F)F)c2)C(=O)C1(COP(=O)(O)O)c1ccccc1. The molecule has 0 spiro atoms. The summed E-state index contributed by atoms with van der Waals surface area (Å²) in [5, 5.41) is 8.97. The summed E-state index contributed by atoms with van der Waals surface area (Å²) in [6.07, 6.45) is -4.93. The zero-order chi connectivity index (χ0) is 23.9. The van der Waals surface area contributed by atoms with Crippen molar-refractivity contribution in [1.29, 1.82) is 5.26 Å². The summed E-state index contributed by atoms with van der Waals surface area (Å²) in [6, 6.07) is 10.1. The molecule has 168 valence electrons. The van der Waals surface area contributed by atoms with Gasteiger partial charge in [-0.1, -0.05) is 30.3 Å². The fourth-order valence-electron chi connectivity index (χ4n) is 3.41. The number of hydrogen-bond donors (Lipinski definition) is 2. The van der Waals surface area contributed by atoms with Crippen LogP contribution in [0.5, 0.6) is 0 Å². The molecule has 1 atom stereocenters. The summed E-state index contributed by atoms with van der Waals surface area (Å²) in [7, 11) is -3.92. The van der Waals surface area contributed by atoms with Gasteiger partial charge in [0.15, 0.2) is 5.54 Å². The van der Waals surface area contributed by atoms with Crippen LogP contribution in [0.25, 0.3) is 0 Å². The third-order valence-corrected chi connectivity index (χ3v) is 5.45. The van der Waals surface area contributed by atoms with Gasteiger partial charge in [-0.3, -0.25) is 9.32 Å². The first kappa shape index (κ1) is 23.4. The number of phosphoric ester groups is 1. The number of carbonyl (C=O) groups excluding carboxylic acids is 2. The Kier molecular flexibility index (Phi) is 5.88. The predicted octanol–water partition coefficient (Wildman–Crippen LogP) is 2.98. The van der Waals surface area contributed by atoms with E-state index in [0.717, 1.165) is 24.1 Å². The largest absolute Gasteiger partial charge is 0.469 e. The number of urea groups is 1. The quantitative estimate of drug-likeness (QED) is 0.508. The molecule has 3 amide bonds. The van der Waals surface area contributed by atoms with Crippen molar-refractivity contribution in [2.75, 3.05) is 18.6 Å². The Bertz CT molecular complexity index is 1160. The molecule has 2 aromatic carbocycles. The normalized spacial score (nSPS) is 19.4. The van der Waals surface area contributed by atoms with E-state index < -0.39 is 54.9 Å². The summed E-state index contributed by atoms with van der Waals surface area (Å²) in [4.78, 5) is 46.0. The first-order valence-electron chi connectivity index (χ1n) is 8.82. The lowest BCUT2D eigenvalue weighted by Gasteiger charge is -2.32. The Morgan fingerprint density at radius 1 is 1.16 bits per heavy atom. The number of benzene rings is 2. The van der Waals surface area contributed by atoms with E-state index in [-0.39, 0.29) is 5.56 Å². The minimum Gasteiger partial charge on any atom is -0.306 e. The summed E-state index contributed by atoms with van der Waals surface area (Å²) in [6.45, 7) is -0.957. The predicted molar refractivity (Wildman–Crippen MR) is 103 cm³/mol. The second-order valence-electron chi connectivity index (χ2n) is 6.81. The van der Waals surface area contributed by atoms with Crippen LogP contribution >= 0.6 is 7.82 Å². The molecule has 0 bridgehead atoms. The van der Waals surface area contributed by atoms with Gasteiger partial charge in [-0.15, -0.1) is 0 Å². The number of rotatable bonds is 5. The van der Waals surface area contributed by atoms with Crippen LogP contribution in [0.15, 0.2) is 48.5 Å². The molecule has 1 aliphatic rings. The molecule has 1 aliphatic heterocycles. The van der Waals surface area contributed by atoms with Crippen molar-refractivity contribution < 1.29 is 41.6 Å². The second-order valence-corrected chi connectivity index (χ2v) is 8.05. The van der Waals surface area contributed by atoms with E-state index in [1.807, 2.05) is 0 Å². The fourth-order valence-corrected chi connectivity index (χ4v) is 3.77. The molecule has 2 aromatic rings. The monoisotopic (exact) mass is 469 g/mol. The lowest BCUT2D eigenvalue weighted by Crippen LogP contribution is -2.48. The van der Waals surface area contributed by atoms with E-state index in [1.54, 1.807) is 6.07 Å². The molecule has 2 N–H and O–H groups in total. The second kappa shape index (κ2) is 8.03. The lowest BCUT2D eigenvalue weighted by atomic mass is 9.89. The highest BCUT2D eigenvalue weighted by Gasteiger charge is 2.58. The number of amides is 3. The van der Waals surface area contributed by atoms with Gasteiger partial charge >= 0.3 is 20.0 Å². The molecule has 0 aromatic heterocycles. The standard InChI is InChI=1S/C19H15F3N3O6P/c1-24-17(27)25(14-8-7-12(10-23)15(9-14)19(20,21)22)16(26)18(24,11-31-32(28,29)30)13-5-3-2-4-6-13/h2-9H,11H2,1H3,(H2,28,29,30). The number of nitrogens with zero attached hydrogens (tertiary/aromatic N) is 3. The number of halogens is 3. The van der Waals surface area contributed by atoms with Crippen LogP contribution in [0, 0.1) is 11.3 Å². The highest BCUT2D eigenvalue weighted by Crippen LogP contribution is 2.45. The van der Waals surface area contributed by atoms with Gasteiger partial charge in [0.1, 0.15) is 0 Å². The third-order valence-electron chi connectivity index (χ3n) is 4.99. The number of imide groups is 1. The zero-order valence-corrected chi connectivity index (χ0v) is 17.2. The summed E-state index contributed by atoms with van der Waals surface area (Å²) in [5.74, 6) is -1.08. The maximum absolute atomic E-state index is 13.5. The van der Waals surface area contributed by atoms with Gasteiger partial charge in [-0.05, 0) is 23.8 Å². The van der Waals surface area contributed by atoms with Crippen molar-refractivity contribution in [3.05, 3.63) is 65.2 Å². The van der Waals surface area contributed by atoms with Gasteiger partial charge in [0.2, 0.25) is 0 Å². The number of likely N-dealkylation sites (N-methyl/N-ethyl adjacent to an activating group) is 1. The van der Waals surface area contributed by atoms with Crippen LogP contribution in [0.2, 0.25) is 0 Å². The van der Waals surface area contributed by atoms with E-state index in [4.69, 9.17) is 15.0 Å². The number of anilines is 1. The number of alkyl halides is 3. The van der Waals surface area contributed by atoms with Crippen molar-refractivity contribution >= 4 is 25.4 Å². The van der Waals surface area contributed by atoms with Gasteiger partial charge in [0.05, 0.1) is 29.5 Å². The first-order valence-corrected chi connectivity index (χ1v) is 10.4. The average Bonchev–Trinajstić information content (AvgIpc) is 2.92. The number of hydrogen-bond acceptors (Lipinski definition) is 5. The van der Waals surface area contributed by atoms with Gasteiger partial charge < -0.3 is 14.7 Å². The third kappa shape index (κ3) is 3.99. The molecular weight excluding hydrogens is 454 g/mol. The molecule has 0 aliphatic carbocycles. The molecule has 1 saturated heterocycles. The summed E-state index contributed by atoms with van der Waals surface area (Å²) in [5.41, 5.74) is -4.45. The minimum absolute atomic E-state index is 0.126. The highest BCUT2D eigenvalue weighted by molar-refractivity contribution is 7.46. The summed E-state index contributed by atoms with van der Waals surface area (Å²) < 4.78 is 56.0. The minimum atomic E-state index is -5.08. The Balaban J connectivity index is 2.18. The average molecular weight is 469 g/mol. The van der Waals surface area contributed by atoms with Crippen LogP contribution in [-0.2, 0) is 25.6 Å². The molecule has 1 fully saturated rings. The fraction of sp³-hybridized carbons (Fsp3) is 0.211. The van der Waals surface area contributed by atoms with Crippen molar-refractivity contribution in [1.82, 2.24) is 4.90 Å². The molecule has 0 saturated carbocycles. The zero-order valence-electron chi connectivity index (χ0n) is 16.3. The molecule has 1 unspecified atom stereocenters. The molecule has 32 heavy (non-hydrogen) atoms. The molecule has 0 radical (unpaired) electrons. The van der Waals surface area contributed by atoms with Crippen molar-refractivity contribution in [3.63, 3.8) is 0 Å². The Labute approximate surface area is 179 Å². The maximum atomic E-state index is 13.5. The van der Waals surface area contributed by atoms with Gasteiger partial charge in [-0.25, -0.2) is 14.3 Å². The number of nitriles is 1. The van der Waals surface area contributed by atoms with Gasteiger partial charge in [0, 0.05) is 7.05 Å². The molecular formula is C19H15F3N3O6P. The van der Waals surface area contributed by atoms with Gasteiger partial charge in [-0.2, -0.15) is 18.4 Å². The highest BCUT2D eigenvalue weighted by atomic mass is 31.2. The molecule has 13 heteroatoms. The van der Waals surface area contributed by atoms with E-state index in [9.17, 15) is 27.3 Å².